The van der Waals surface area contributed by atoms with Crippen LogP contribution in [0.2, 0.25) is 0 Å². The van der Waals surface area contributed by atoms with Crippen molar-refractivity contribution in [2.24, 2.45) is 0 Å². The summed E-state index contributed by atoms with van der Waals surface area (Å²) in [6, 6.07) is 9.49. The highest BCUT2D eigenvalue weighted by Gasteiger charge is 2.40. The number of carbonyl (C=O) groups is 1. The predicted octanol–water partition coefficient (Wildman–Crippen LogP) is 4.47. The molecule has 7 heteroatoms. The quantitative estimate of drug-likeness (QED) is 0.832. The summed E-state index contributed by atoms with van der Waals surface area (Å²) in [6.07, 6.45) is -3.34. The maximum atomic E-state index is 12.9. The zero-order chi connectivity index (χ0) is 18.2. The van der Waals surface area contributed by atoms with Crippen LogP contribution in [0.25, 0.3) is 0 Å². The Morgan fingerprint density at radius 2 is 1.88 bits per heavy atom. The molecule has 1 heterocycles. The molecule has 2 aromatic rings. The van der Waals surface area contributed by atoms with E-state index in [0.29, 0.717) is 17.2 Å². The second kappa shape index (κ2) is 5.84. The number of nitrogens with one attached hydrogen (secondary N) is 1. The number of benzene rings is 2. The van der Waals surface area contributed by atoms with Crippen LogP contribution in [0.4, 0.5) is 18.9 Å². The summed E-state index contributed by atoms with van der Waals surface area (Å²) in [7, 11) is 0. The molecule has 0 fully saturated rings. The fraction of sp³-hybridized carbons (Fsp3) is 0.167. The number of amides is 1. The number of ether oxygens (including phenoxy) is 2. The third kappa shape index (κ3) is 3.31. The molecule has 1 aliphatic rings. The molecule has 1 N–H and O–H groups in total. The SMILES string of the molecule is C=CC(=O)Nc1ccc2c(c1)O[C@](C)(c1cccc(C(F)(F)F)c1)O2. The average molecular weight is 349 g/mol. The van der Waals surface area contributed by atoms with Gasteiger partial charge in [-0.15, -0.1) is 0 Å². The average Bonchev–Trinajstić information content (AvgIpc) is 2.91. The van der Waals surface area contributed by atoms with Crippen molar-refractivity contribution >= 4 is 11.6 Å². The highest BCUT2D eigenvalue weighted by atomic mass is 19.4. The number of alkyl halides is 3. The molecule has 0 saturated heterocycles. The Morgan fingerprint density at radius 1 is 1.16 bits per heavy atom. The zero-order valence-corrected chi connectivity index (χ0v) is 13.2. The normalized spacial score (nSPS) is 18.7. The van der Waals surface area contributed by atoms with E-state index in [1.54, 1.807) is 12.1 Å². The van der Waals surface area contributed by atoms with Crippen molar-refractivity contribution in [2.75, 3.05) is 5.32 Å². The Bertz CT molecular complexity index is 848. The van der Waals surface area contributed by atoms with E-state index < -0.39 is 17.5 Å². The van der Waals surface area contributed by atoms with Gasteiger partial charge in [0.2, 0.25) is 5.91 Å². The molecule has 0 aromatic heterocycles. The molecule has 1 aliphatic heterocycles. The third-order valence-electron chi connectivity index (χ3n) is 3.72. The van der Waals surface area contributed by atoms with Gasteiger partial charge in [0, 0.05) is 24.2 Å². The molecule has 1 atom stereocenters. The number of hydrogen-bond donors (Lipinski definition) is 1. The second-order valence-electron chi connectivity index (χ2n) is 5.58. The van der Waals surface area contributed by atoms with Gasteiger partial charge in [-0.25, -0.2) is 0 Å². The Balaban J connectivity index is 1.89. The van der Waals surface area contributed by atoms with Gasteiger partial charge in [0.1, 0.15) is 0 Å². The molecular formula is C18H14F3NO3. The number of carbonyl (C=O) groups excluding carboxylic acids is 1. The van der Waals surface area contributed by atoms with Crippen LogP contribution in [-0.4, -0.2) is 5.91 Å². The summed E-state index contributed by atoms with van der Waals surface area (Å²) in [5.41, 5.74) is -0.0935. The van der Waals surface area contributed by atoms with Crippen LogP contribution < -0.4 is 14.8 Å². The molecule has 0 unspecified atom stereocenters. The Labute approximate surface area is 141 Å². The lowest BCUT2D eigenvalue weighted by molar-refractivity contribution is -0.138. The Morgan fingerprint density at radius 3 is 2.56 bits per heavy atom. The molecule has 0 bridgehead atoms. The minimum absolute atomic E-state index is 0.232. The van der Waals surface area contributed by atoms with E-state index in [4.69, 9.17) is 9.47 Å². The topological polar surface area (TPSA) is 47.6 Å². The molecule has 0 radical (unpaired) electrons. The molecule has 4 nitrogen and oxygen atoms in total. The van der Waals surface area contributed by atoms with Gasteiger partial charge in [-0.05, 0) is 30.3 Å². The lowest BCUT2D eigenvalue weighted by Crippen LogP contribution is -2.31. The summed E-state index contributed by atoms with van der Waals surface area (Å²) in [5.74, 6) is -1.09. The minimum atomic E-state index is -4.46. The summed E-state index contributed by atoms with van der Waals surface area (Å²) in [4.78, 5) is 11.4. The van der Waals surface area contributed by atoms with Gasteiger partial charge in [-0.3, -0.25) is 4.79 Å². The number of hydrogen-bond acceptors (Lipinski definition) is 3. The van der Waals surface area contributed by atoms with E-state index in [1.807, 2.05) is 0 Å². The first-order valence-electron chi connectivity index (χ1n) is 7.34. The fourth-order valence-corrected chi connectivity index (χ4v) is 2.48. The molecule has 130 valence electrons. The van der Waals surface area contributed by atoms with E-state index >= 15 is 0 Å². The Kier molecular flexibility index (Phi) is 3.94. The van der Waals surface area contributed by atoms with Gasteiger partial charge in [0.05, 0.1) is 5.56 Å². The van der Waals surface area contributed by atoms with Crippen LogP contribution in [0.15, 0.2) is 55.1 Å². The molecule has 0 spiro atoms. The molecule has 2 aromatic carbocycles. The third-order valence-corrected chi connectivity index (χ3v) is 3.72. The number of fused-ring (bicyclic) bond motifs is 1. The van der Waals surface area contributed by atoms with Gasteiger partial charge in [-0.2, -0.15) is 13.2 Å². The molecule has 3 rings (SSSR count). The zero-order valence-electron chi connectivity index (χ0n) is 13.2. The monoisotopic (exact) mass is 349 g/mol. The maximum absolute atomic E-state index is 12.9. The molecule has 0 aliphatic carbocycles. The van der Waals surface area contributed by atoms with Gasteiger partial charge in [0.15, 0.2) is 11.5 Å². The van der Waals surface area contributed by atoms with E-state index in [9.17, 15) is 18.0 Å². The van der Waals surface area contributed by atoms with Gasteiger partial charge in [0.25, 0.3) is 5.79 Å². The van der Waals surface area contributed by atoms with Gasteiger partial charge >= 0.3 is 6.18 Å². The molecular weight excluding hydrogens is 335 g/mol. The van der Waals surface area contributed by atoms with Crippen molar-refractivity contribution in [3.63, 3.8) is 0 Å². The molecule has 25 heavy (non-hydrogen) atoms. The lowest BCUT2D eigenvalue weighted by atomic mass is 10.0. The maximum Gasteiger partial charge on any atom is 0.416 e. The van der Waals surface area contributed by atoms with Crippen molar-refractivity contribution < 1.29 is 27.4 Å². The van der Waals surface area contributed by atoms with E-state index in [2.05, 4.69) is 11.9 Å². The standard InChI is InChI=1S/C18H14F3NO3/c1-3-16(23)22-13-7-8-14-15(10-13)25-17(2,24-14)11-5-4-6-12(9-11)18(19,20)21/h3-10H,1H2,2H3,(H,22,23)/t17-/m1/s1. The summed E-state index contributed by atoms with van der Waals surface area (Å²) in [5, 5.41) is 2.58. The van der Waals surface area contributed by atoms with Crippen LogP contribution in [0.1, 0.15) is 18.1 Å². The number of anilines is 1. The Hall–Kier alpha value is -2.96. The van der Waals surface area contributed by atoms with Crippen LogP contribution in [0.3, 0.4) is 0 Å². The number of rotatable bonds is 3. The van der Waals surface area contributed by atoms with Crippen molar-refractivity contribution in [3.05, 3.63) is 66.2 Å². The van der Waals surface area contributed by atoms with E-state index in [1.165, 1.54) is 25.1 Å². The van der Waals surface area contributed by atoms with Crippen LogP contribution in [0, 0.1) is 0 Å². The number of halogens is 3. The predicted molar refractivity (Wildman–Crippen MR) is 85.3 cm³/mol. The van der Waals surface area contributed by atoms with Crippen molar-refractivity contribution in [3.8, 4) is 11.5 Å². The van der Waals surface area contributed by atoms with Gasteiger partial charge in [-0.1, -0.05) is 18.7 Å². The smallest absolute Gasteiger partial charge is 0.416 e. The first kappa shape index (κ1) is 16.9. The summed E-state index contributed by atoms with van der Waals surface area (Å²) < 4.78 is 50.2. The largest absolute Gasteiger partial charge is 0.445 e. The van der Waals surface area contributed by atoms with Gasteiger partial charge < -0.3 is 14.8 Å². The second-order valence-corrected chi connectivity index (χ2v) is 5.58. The minimum Gasteiger partial charge on any atom is -0.445 e. The van der Waals surface area contributed by atoms with Crippen molar-refractivity contribution in [1.29, 1.82) is 0 Å². The highest BCUT2D eigenvalue weighted by Crippen LogP contribution is 2.45. The molecule has 0 saturated carbocycles. The van der Waals surface area contributed by atoms with Crippen LogP contribution >= 0.6 is 0 Å². The first-order chi connectivity index (χ1) is 11.7. The fourth-order valence-electron chi connectivity index (χ4n) is 2.48. The first-order valence-corrected chi connectivity index (χ1v) is 7.34. The van der Waals surface area contributed by atoms with Crippen molar-refractivity contribution in [1.82, 2.24) is 0 Å². The highest BCUT2D eigenvalue weighted by molar-refractivity contribution is 5.99. The van der Waals surface area contributed by atoms with Crippen molar-refractivity contribution in [2.45, 2.75) is 18.9 Å². The van der Waals surface area contributed by atoms with E-state index in [-0.39, 0.29) is 11.5 Å². The summed E-state index contributed by atoms with van der Waals surface area (Å²) >= 11 is 0. The van der Waals surface area contributed by atoms with E-state index in [0.717, 1.165) is 18.2 Å². The lowest BCUT2D eigenvalue weighted by Gasteiger charge is -2.24. The summed E-state index contributed by atoms with van der Waals surface area (Å²) in [6.45, 7) is 4.89. The van der Waals surface area contributed by atoms with Crippen LogP contribution in [-0.2, 0) is 16.8 Å². The van der Waals surface area contributed by atoms with Crippen LogP contribution in [0.5, 0.6) is 11.5 Å². The molecule has 1 amide bonds.